The van der Waals surface area contributed by atoms with Gasteiger partial charge in [0.05, 0.1) is 13.4 Å². The first-order valence-corrected chi connectivity index (χ1v) is 13.1. The van der Waals surface area contributed by atoms with Crippen molar-refractivity contribution in [3.05, 3.63) is 81.3 Å². The third kappa shape index (κ3) is 5.09. The average molecular weight is 496 g/mol. The van der Waals surface area contributed by atoms with Gasteiger partial charge in [0, 0.05) is 41.7 Å². The Kier molecular flexibility index (Phi) is 6.23. The molecule has 4 rings (SSSR count). The van der Waals surface area contributed by atoms with E-state index in [-0.39, 0.29) is 23.4 Å². The smallest absolute Gasteiger partial charge is 0.255 e. The van der Waals surface area contributed by atoms with Gasteiger partial charge in [0.25, 0.3) is 11.5 Å². The van der Waals surface area contributed by atoms with Gasteiger partial charge in [0.15, 0.2) is 0 Å². The van der Waals surface area contributed by atoms with E-state index in [2.05, 4.69) is 30.5 Å². The number of aromatic nitrogens is 1. The summed E-state index contributed by atoms with van der Waals surface area (Å²) in [5.41, 5.74) is 4.14. The van der Waals surface area contributed by atoms with Gasteiger partial charge in [-0.3, -0.25) is 14.3 Å². The van der Waals surface area contributed by atoms with E-state index in [4.69, 9.17) is 4.74 Å². The van der Waals surface area contributed by atoms with Crippen LogP contribution in [0.25, 0.3) is 11.1 Å². The summed E-state index contributed by atoms with van der Waals surface area (Å²) in [6, 6.07) is 12.4. The number of anilines is 1. The first kappa shape index (κ1) is 24.5. The second-order valence-electron chi connectivity index (χ2n) is 9.78. The van der Waals surface area contributed by atoms with Gasteiger partial charge in [-0.1, -0.05) is 26.8 Å². The number of fused-ring (bicyclic) bond motifs is 1. The van der Waals surface area contributed by atoms with E-state index >= 15 is 0 Å². The molecule has 3 aromatic rings. The lowest BCUT2D eigenvalue weighted by molar-refractivity contribution is 0.0767. The van der Waals surface area contributed by atoms with Crippen molar-refractivity contribution in [3.8, 4) is 16.9 Å². The molecule has 2 aromatic carbocycles. The zero-order valence-corrected chi connectivity index (χ0v) is 21.2. The Hall–Kier alpha value is -3.59. The van der Waals surface area contributed by atoms with Crippen molar-refractivity contribution in [2.45, 2.75) is 39.3 Å². The van der Waals surface area contributed by atoms with Gasteiger partial charge in [-0.15, -0.1) is 0 Å². The number of sulfonamides is 1. The van der Waals surface area contributed by atoms with E-state index in [0.29, 0.717) is 29.1 Å². The molecule has 9 heteroatoms. The second kappa shape index (κ2) is 8.88. The van der Waals surface area contributed by atoms with E-state index in [9.17, 15) is 18.0 Å². The highest BCUT2D eigenvalue weighted by Crippen LogP contribution is 2.38. The molecule has 1 aliphatic heterocycles. The third-order valence-electron chi connectivity index (χ3n) is 5.99. The summed E-state index contributed by atoms with van der Waals surface area (Å²) in [6.07, 6.45) is 2.65. The predicted octanol–water partition coefficient (Wildman–Crippen LogP) is 3.88. The van der Waals surface area contributed by atoms with Crippen LogP contribution in [0.4, 0.5) is 5.69 Å². The number of benzene rings is 2. The summed E-state index contributed by atoms with van der Waals surface area (Å²) in [5.74, 6) is 0.483. The van der Waals surface area contributed by atoms with Crippen LogP contribution < -0.4 is 15.0 Å². The number of hydrogen-bond acceptors (Lipinski definition) is 5. The molecule has 0 radical (unpaired) electrons. The Labute approximate surface area is 205 Å². The van der Waals surface area contributed by atoms with Crippen LogP contribution in [0, 0.1) is 0 Å². The molecular weight excluding hydrogens is 466 g/mol. The monoisotopic (exact) mass is 495 g/mol. The number of H-pyrrole nitrogens is 1. The number of carbonyl (C=O) groups is 1. The van der Waals surface area contributed by atoms with Crippen LogP contribution in [0.15, 0.2) is 53.5 Å². The fourth-order valence-electron chi connectivity index (χ4n) is 4.36. The number of carbonyl (C=O) groups excluding carboxylic acids is 1. The average Bonchev–Trinajstić information content (AvgIpc) is 3.07. The molecule has 8 nitrogen and oxygen atoms in total. The van der Waals surface area contributed by atoms with Crippen LogP contribution in [0.2, 0.25) is 0 Å². The maximum absolute atomic E-state index is 13.3. The highest BCUT2D eigenvalue weighted by molar-refractivity contribution is 7.92. The summed E-state index contributed by atoms with van der Waals surface area (Å²) < 4.78 is 31.3. The molecule has 0 aliphatic carbocycles. The minimum atomic E-state index is -3.46. The van der Waals surface area contributed by atoms with Gasteiger partial charge < -0.3 is 14.6 Å². The lowest BCUT2D eigenvalue weighted by atomic mass is 9.83. The molecule has 0 spiro atoms. The van der Waals surface area contributed by atoms with Gasteiger partial charge in [0.1, 0.15) is 5.75 Å². The standard InChI is InChI=1S/C26H29N3O5S/c1-26(2,3)22-13-20(19-7-6-10-27-24(19)30)17(11-23(22)34-4)15-29-14-16-8-9-18(28-35(5,32)33)12-21(16)25(29)31/h6-13,28H,14-15H2,1-5H3,(H,27,30). The van der Waals surface area contributed by atoms with Crippen LogP contribution in [0.5, 0.6) is 5.75 Å². The lowest BCUT2D eigenvalue weighted by Crippen LogP contribution is -2.24. The Morgan fingerprint density at radius 3 is 2.43 bits per heavy atom. The van der Waals surface area contributed by atoms with Crippen molar-refractivity contribution in [2.24, 2.45) is 0 Å². The van der Waals surface area contributed by atoms with Crippen LogP contribution in [0.3, 0.4) is 0 Å². The molecule has 2 heterocycles. The quantitative estimate of drug-likeness (QED) is 0.540. The zero-order valence-electron chi connectivity index (χ0n) is 20.4. The molecular formula is C26H29N3O5S. The number of aromatic amines is 1. The van der Waals surface area contributed by atoms with Crippen molar-refractivity contribution in [2.75, 3.05) is 18.1 Å². The first-order chi connectivity index (χ1) is 16.4. The lowest BCUT2D eigenvalue weighted by Gasteiger charge is -2.26. The summed E-state index contributed by atoms with van der Waals surface area (Å²) in [5, 5.41) is 0. The van der Waals surface area contributed by atoms with Gasteiger partial charge >= 0.3 is 0 Å². The van der Waals surface area contributed by atoms with E-state index < -0.39 is 10.0 Å². The van der Waals surface area contributed by atoms with E-state index in [1.54, 1.807) is 48.5 Å². The number of amides is 1. The molecule has 0 atom stereocenters. The number of methoxy groups -OCH3 is 1. The number of nitrogens with zero attached hydrogens (tertiary/aromatic N) is 1. The molecule has 0 unspecified atom stereocenters. The molecule has 2 N–H and O–H groups in total. The van der Waals surface area contributed by atoms with Crippen LogP contribution in [-0.2, 0) is 28.5 Å². The van der Waals surface area contributed by atoms with E-state index in [1.165, 1.54) is 0 Å². The summed E-state index contributed by atoms with van der Waals surface area (Å²) in [4.78, 5) is 30.4. The van der Waals surface area contributed by atoms with Crippen molar-refractivity contribution in [1.82, 2.24) is 9.88 Å². The molecule has 1 aliphatic rings. The number of rotatable bonds is 6. The maximum Gasteiger partial charge on any atom is 0.255 e. The van der Waals surface area contributed by atoms with Gasteiger partial charge in [-0.25, -0.2) is 8.42 Å². The minimum Gasteiger partial charge on any atom is -0.496 e. The Balaban J connectivity index is 1.76. The third-order valence-corrected chi connectivity index (χ3v) is 6.60. The fourth-order valence-corrected chi connectivity index (χ4v) is 4.92. The summed E-state index contributed by atoms with van der Waals surface area (Å²) in [7, 11) is -1.85. The number of hydrogen-bond donors (Lipinski definition) is 2. The fraction of sp³-hybridized carbons (Fsp3) is 0.308. The Bertz CT molecular complexity index is 1470. The molecule has 0 saturated carbocycles. The van der Waals surface area contributed by atoms with Gasteiger partial charge in [-0.2, -0.15) is 0 Å². The van der Waals surface area contributed by atoms with Gasteiger partial charge in [-0.05, 0) is 58.5 Å². The largest absolute Gasteiger partial charge is 0.496 e. The van der Waals surface area contributed by atoms with Crippen LogP contribution in [0.1, 0.15) is 47.8 Å². The normalized spacial score (nSPS) is 13.6. The number of ether oxygens (including phenoxy) is 1. The van der Waals surface area contributed by atoms with Crippen molar-refractivity contribution in [3.63, 3.8) is 0 Å². The van der Waals surface area contributed by atoms with Crippen molar-refractivity contribution >= 4 is 21.6 Å². The summed E-state index contributed by atoms with van der Waals surface area (Å²) in [6.45, 7) is 6.86. The topological polar surface area (TPSA) is 109 Å². The molecule has 1 aromatic heterocycles. The van der Waals surface area contributed by atoms with Gasteiger partial charge in [0.2, 0.25) is 10.0 Å². The highest BCUT2D eigenvalue weighted by atomic mass is 32.2. The predicted molar refractivity (Wildman–Crippen MR) is 136 cm³/mol. The van der Waals surface area contributed by atoms with E-state index in [0.717, 1.165) is 28.5 Å². The van der Waals surface area contributed by atoms with Crippen LogP contribution in [-0.4, -0.2) is 37.6 Å². The molecule has 0 saturated heterocycles. The Morgan fingerprint density at radius 2 is 1.80 bits per heavy atom. The van der Waals surface area contributed by atoms with E-state index in [1.807, 2.05) is 12.1 Å². The van der Waals surface area contributed by atoms with Crippen molar-refractivity contribution in [1.29, 1.82) is 0 Å². The molecule has 0 fully saturated rings. The summed E-state index contributed by atoms with van der Waals surface area (Å²) >= 11 is 0. The molecule has 184 valence electrons. The zero-order chi connectivity index (χ0) is 25.5. The maximum atomic E-state index is 13.3. The molecule has 1 amide bonds. The Morgan fingerprint density at radius 1 is 1.06 bits per heavy atom. The highest BCUT2D eigenvalue weighted by Gasteiger charge is 2.30. The van der Waals surface area contributed by atoms with Crippen molar-refractivity contribution < 1.29 is 17.9 Å². The SMILES string of the molecule is COc1cc(CN2Cc3ccc(NS(C)(=O)=O)cc3C2=O)c(-c2ccc[nH]c2=O)cc1C(C)(C)C. The first-order valence-electron chi connectivity index (χ1n) is 11.2. The number of pyridine rings is 1. The number of nitrogens with one attached hydrogen (secondary N) is 2. The minimum absolute atomic E-state index is 0.205. The van der Waals surface area contributed by atoms with Crippen LogP contribution >= 0.6 is 0 Å². The molecule has 0 bridgehead atoms. The molecule has 35 heavy (non-hydrogen) atoms. The second-order valence-corrected chi connectivity index (χ2v) is 11.5.